The average Bonchev–Trinajstić information content (AvgIpc) is 2.59. The molecule has 1 aromatic heterocycles. The molecule has 1 amide bonds. The van der Waals surface area contributed by atoms with Gasteiger partial charge in [0.25, 0.3) is 5.91 Å². The standard InChI is InChI=1S/C19H26N4O/c1-4-5-8-11-20-18-13-21-17(12-22-18)19(24)23-16-10-7-6-9-15(16)14(2)3/h6-7,9-10,12-14H,4-5,8,11H2,1-3H3,(H,20,22)(H,23,24). The Morgan fingerprint density at radius 1 is 1.12 bits per heavy atom. The average molecular weight is 326 g/mol. The normalized spacial score (nSPS) is 10.7. The Morgan fingerprint density at radius 3 is 2.58 bits per heavy atom. The first-order chi connectivity index (χ1) is 11.6. The highest BCUT2D eigenvalue weighted by Gasteiger charge is 2.12. The molecule has 24 heavy (non-hydrogen) atoms. The van der Waals surface area contributed by atoms with E-state index in [0.717, 1.165) is 24.2 Å². The van der Waals surface area contributed by atoms with E-state index in [2.05, 4.69) is 41.4 Å². The van der Waals surface area contributed by atoms with Gasteiger partial charge >= 0.3 is 0 Å². The van der Waals surface area contributed by atoms with E-state index in [9.17, 15) is 4.79 Å². The van der Waals surface area contributed by atoms with Crippen LogP contribution in [-0.2, 0) is 0 Å². The molecule has 0 fully saturated rings. The van der Waals surface area contributed by atoms with Crippen LogP contribution in [0.25, 0.3) is 0 Å². The van der Waals surface area contributed by atoms with Crippen LogP contribution >= 0.6 is 0 Å². The lowest BCUT2D eigenvalue weighted by Gasteiger charge is -2.13. The molecule has 5 heteroatoms. The van der Waals surface area contributed by atoms with Gasteiger partial charge in [-0.2, -0.15) is 0 Å². The van der Waals surface area contributed by atoms with Crippen molar-refractivity contribution in [2.45, 2.75) is 46.0 Å². The van der Waals surface area contributed by atoms with E-state index in [0.29, 0.717) is 17.4 Å². The maximum absolute atomic E-state index is 12.4. The third kappa shape index (κ3) is 5.05. The quantitative estimate of drug-likeness (QED) is 0.703. The van der Waals surface area contributed by atoms with Crippen LogP contribution in [0.5, 0.6) is 0 Å². The van der Waals surface area contributed by atoms with Crippen LogP contribution in [0.15, 0.2) is 36.7 Å². The second kappa shape index (κ2) is 9.01. The lowest BCUT2D eigenvalue weighted by molar-refractivity contribution is 0.102. The molecule has 0 bridgehead atoms. The molecule has 1 aromatic carbocycles. The van der Waals surface area contributed by atoms with Gasteiger partial charge in [-0.05, 0) is 24.0 Å². The number of carbonyl (C=O) groups excluding carboxylic acids is 1. The number of nitrogens with one attached hydrogen (secondary N) is 2. The zero-order valence-electron chi connectivity index (χ0n) is 14.7. The van der Waals surface area contributed by atoms with E-state index in [-0.39, 0.29) is 5.91 Å². The first-order valence-corrected chi connectivity index (χ1v) is 8.58. The number of benzene rings is 1. The largest absolute Gasteiger partial charge is 0.369 e. The smallest absolute Gasteiger partial charge is 0.275 e. The molecule has 0 spiro atoms. The summed E-state index contributed by atoms with van der Waals surface area (Å²) in [6.45, 7) is 7.24. The summed E-state index contributed by atoms with van der Waals surface area (Å²) in [6, 6.07) is 7.82. The van der Waals surface area contributed by atoms with Crippen LogP contribution < -0.4 is 10.6 Å². The van der Waals surface area contributed by atoms with Crippen LogP contribution in [0.3, 0.4) is 0 Å². The Kier molecular flexibility index (Phi) is 6.73. The first-order valence-electron chi connectivity index (χ1n) is 8.58. The Bertz CT molecular complexity index is 653. The molecule has 2 N–H and O–H groups in total. The van der Waals surface area contributed by atoms with Crippen molar-refractivity contribution in [2.75, 3.05) is 17.2 Å². The SMILES string of the molecule is CCCCCNc1cnc(C(=O)Nc2ccccc2C(C)C)cn1. The third-order valence-corrected chi connectivity index (χ3v) is 3.80. The summed E-state index contributed by atoms with van der Waals surface area (Å²) >= 11 is 0. The molecule has 1 heterocycles. The van der Waals surface area contributed by atoms with Gasteiger partial charge < -0.3 is 10.6 Å². The Hall–Kier alpha value is -2.43. The van der Waals surface area contributed by atoms with Gasteiger partial charge in [-0.1, -0.05) is 51.8 Å². The van der Waals surface area contributed by atoms with Crippen LogP contribution in [0, 0.1) is 0 Å². The summed E-state index contributed by atoms with van der Waals surface area (Å²) < 4.78 is 0. The molecular formula is C19H26N4O. The summed E-state index contributed by atoms with van der Waals surface area (Å²) in [5, 5.41) is 6.14. The molecule has 2 rings (SSSR count). The van der Waals surface area contributed by atoms with Crippen molar-refractivity contribution in [3.05, 3.63) is 47.9 Å². The molecule has 0 aliphatic heterocycles. The maximum Gasteiger partial charge on any atom is 0.275 e. The fraction of sp³-hybridized carbons (Fsp3) is 0.421. The lowest BCUT2D eigenvalue weighted by atomic mass is 10.0. The first kappa shape index (κ1) is 17.9. The summed E-state index contributed by atoms with van der Waals surface area (Å²) in [7, 11) is 0. The zero-order valence-corrected chi connectivity index (χ0v) is 14.7. The number of rotatable bonds is 8. The Labute approximate surface area is 143 Å². The predicted molar refractivity (Wildman–Crippen MR) is 98.5 cm³/mol. The molecule has 128 valence electrons. The van der Waals surface area contributed by atoms with E-state index in [1.54, 1.807) is 6.20 Å². The Balaban J connectivity index is 1.98. The van der Waals surface area contributed by atoms with Crippen molar-refractivity contribution in [3.63, 3.8) is 0 Å². The van der Waals surface area contributed by atoms with Crippen molar-refractivity contribution in [3.8, 4) is 0 Å². The van der Waals surface area contributed by atoms with Gasteiger partial charge in [-0.25, -0.2) is 9.97 Å². The van der Waals surface area contributed by atoms with Crippen molar-refractivity contribution in [2.24, 2.45) is 0 Å². The molecule has 0 unspecified atom stereocenters. The number of hydrogen-bond acceptors (Lipinski definition) is 4. The lowest BCUT2D eigenvalue weighted by Crippen LogP contribution is -2.16. The molecule has 0 radical (unpaired) electrons. The highest BCUT2D eigenvalue weighted by atomic mass is 16.1. The van der Waals surface area contributed by atoms with E-state index in [1.165, 1.54) is 19.0 Å². The van der Waals surface area contributed by atoms with Crippen molar-refractivity contribution in [1.29, 1.82) is 0 Å². The van der Waals surface area contributed by atoms with Crippen LogP contribution in [0.4, 0.5) is 11.5 Å². The Morgan fingerprint density at radius 2 is 1.92 bits per heavy atom. The second-order valence-corrected chi connectivity index (χ2v) is 6.12. The number of para-hydroxylation sites is 1. The maximum atomic E-state index is 12.4. The highest BCUT2D eigenvalue weighted by Crippen LogP contribution is 2.24. The summed E-state index contributed by atoms with van der Waals surface area (Å²) in [5.74, 6) is 0.792. The molecule has 2 aromatic rings. The van der Waals surface area contributed by atoms with Gasteiger partial charge in [0.05, 0.1) is 12.4 Å². The minimum atomic E-state index is -0.242. The number of unbranched alkanes of at least 4 members (excludes halogenated alkanes) is 2. The molecular weight excluding hydrogens is 300 g/mol. The van der Waals surface area contributed by atoms with Crippen molar-refractivity contribution >= 4 is 17.4 Å². The molecule has 0 saturated carbocycles. The van der Waals surface area contributed by atoms with Crippen LogP contribution in [0.2, 0.25) is 0 Å². The van der Waals surface area contributed by atoms with Gasteiger partial charge in [0.1, 0.15) is 11.5 Å². The van der Waals surface area contributed by atoms with Gasteiger partial charge in [0, 0.05) is 12.2 Å². The minimum absolute atomic E-state index is 0.242. The third-order valence-electron chi connectivity index (χ3n) is 3.80. The molecule has 0 aliphatic carbocycles. The van der Waals surface area contributed by atoms with Gasteiger partial charge in [0.2, 0.25) is 0 Å². The fourth-order valence-electron chi connectivity index (χ4n) is 2.43. The molecule has 0 atom stereocenters. The van der Waals surface area contributed by atoms with Gasteiger partial charge in [0.15, 0.2) is 0 Å². The van der Waals surface area contributed by atoms with E-state index in [1.807, 2.05) is 24.3 Å². The van der Waals surface area contributed by atoms with Crippen molar-refractivity contribution in [1.82, 2.24) is 9.97 Å². The number of carbonyl (C=O) groups is 1. The van der Waals surface area contributed by atoms with Crippen LogP contribution in [-0.4, -0.2) is 22.4 Å². The fourth-order valence-corrected chi connectivity index (χ4v) is 2.43. The summed E-state index contributed by atoms with van der Waals surface area (Å²) in [6.07, 6.45) is 6.59. The minimum Gasteiger partial charge on any atom is -0.369 e. The van der Waals surface area contributed by atoms with Crippen LogP contribution in [0.1, 0.15) is 62.0 Å². The number of anilines is 2. The van der Waals surface area contributed by atoms with Gasteiger partial charge in [-0.15, -0.1) is 0 Å². The topological polar surface area (TPSA) is 66.9 Å². The monoisotopic (exact) mass is 326 g/mol. The predicted octanol–water partition coefficient (Wildman–Crippen LogP) is 4.45. The van der Waals surface area contributed by atoms with E-state index in [4.69, 9.17) is 0 Å². The zero-order chi connectivity index (χ0) is 17.4. The second-order valence-electron chi connectivity index (χ2n) is 6.12. The summed E-state index contributed by atoms with van der Waals surface area (Å²) in [4.78, 5) is 20.8. The van der Waals surface area contributed by atoms with Gasteiger partial charge in [-0.3, -0.25) is 4.79 Å². The molecule has 0 aliphatic rings. The van der Waals surface area contributed by atoms with E-state index < -0.39 is 0 Å². The van der Waals surface area contributed by atoms with E-state index >= 15 is 0 Å². The summed E-state index contributed by atoms with van der Waals surface area (Å²) in [5.41, 5.74) is 2.24. The van der Waals surface area contributed by atoms with Crippen molar-refractivity contribution < 1.29 is 4.79 Å². The number of aromatic nitrogens is 2. The highest BCUT2D eigenvalue weighted by molar-refractivity contribution is 6.03. The molecule has 5 nitrogen and oxygen atoms in total. The number of hydrogen-bond donors (Lipinski definition) is 2. The number of amides is 1. The number of nitrogens with zero attached hydrogens (tertiary/aromatic N) is 2. The molecule has 0 saturated heterocycles.